The summed E-state index contributed by atoms with van der Waals surface area (Å²) in [6.07, 6.45) is 20.2. The van der Waals surface area contributed by atoms with Gasteiger partial charge in [-0.05, 0) is 0 Å². The van der Waals surface area contributed by atoms with Gasteiger partial charge in [0.15, 0.2) is 0 Å². The van der Waals surface area contributed by atoms with Crippen molar-refractivity contribution in [2.24, 2.45) is 0 Å². The number of rotatable bonds is 0. The van der Waals surface area contributed by atoms with E-state index in [9.17, 15) is 0 Å². The molecule has 0 atom stereocenters. The standard InChI is InChI=1S/C12H9Ge/c1-4-10-6-2-8-12-9-3-7-11(5-1)13(10)12/h1-9H. The molecule has 0 bridgehead atoms. The first-order valence-corrected chi connectivity index (χ1v) is 7.63. The molecule has 61 valence electrons. The number of hydrogen-bond donors (Lipinski definition) is 0. The van der Waals surface area contributed by atoms with E-state index in [1.807, 2.05) is 0 Å². The molecule has 0 aromatic carbocycles. The molecule has 3 aliphatic heterocycles. The van der Waals surface area contributed by atoms with Gasteiger partial charge in [-0.1, -0.05) is 0 Å². The van der Waals surface area contributed by atoms with E-state index in [1.165, 1.54) is 0 Å². The van der Waals surface area contributed by atoms with E-state index in [2.05, 4.69) is 54.7 Å². The van der Waals surface area contributed by atoms with Crippen molar-refractivity contribution in [2.45, 2.75) is 0 Å². The van der Waals surface area contributed by atoms with E-state index in [0.717, 1.165) is 0 Å². The summed E-state index contributed by atoms with van der Waals surface area (Å²) in [4.78, 5) is 0. The Kier molecular flexibility index (Phi) is 1.56. The van der Waals surface area contributed by atoms with Gasteiger partial charge in [0.2, 0.25) is 0 Å². The zero-order chi connectivity index (χ0) is 8.67. The molecule has 1 heteroatoms. The van der Waals surface area contributed by atoms with Gasteiger partial charge in [-0.2, -0.15) is 0 Å². The zero-order valence-electron chi connectivity index (χ0n) is 7.20. The molecule has 13 heavy (non-hydrogen) atoms. The molecular formula is C12H9Ge. The van der Waals surface area contributed by atoms with Crippen molar-refractivity contribution in [3.05, 3.63) is 67.9 Å². The van der Waals surface area contributed by atoms with Crippen LogP contribution in [0.2, 0.25) is 0 Å². The van der Waals surface area contributed by atoms with Crippen molar-refractivity contribution in [2.75, 3.05) is 0 Å². The van der Waals surface area contributed by atoms with Crippen LogP contribution in [0.1, 0.15) is 0 Å². The molecule has 3 rings (SSSR count). The molecular weight excluding hydrogens is 217 g/mol. The van der Waals surface area contributed by atoms with Crippen LogP contribution in [0.3, 0.4) is 0 Å². The second kappa shape index (κ2) is 2.74. The van der Waals surface area contributed by atoms with Crippen molar-refractivity contribution >= 4 is 14.3 Å². The van der Waals surface area contributed by atoms with Crippen molar-refractivity contribution in [1.29, 1.82) is 0 Å². The van der Waals surface area contributed by atoms with Gasteiger partial charge >= 0.3 is 82.2 Å². The summed E-state index contributed by atoms with van der Waals surface area (Å²) in [6.45, 7) is 0. The summed E-state index contributed by atoms with van der Waals surface area (Å²) in [6, 6.07) is 0. The summed E-state index contributed by atoms with van der Waals surface area (Å²) in [5.74, 6) is 0. The maximum absolute atomic E-state index is 2.27. The second-order valence-corrected chi connectivity index (χ2v) is 8.53. The van der Waals surface area contributed by atoms with Gasteiger partial charge in [0.25, 0.3) is 0 Å². The van der Waals surface area contributed by atoms with Crippen LogP contribution in [0.4, 0.5) is 0 Å². The molecule has 0 nitrogen and oxygen atoms in total. The second-order valence-electron chi connectivity index (χ2n) is 3.32. The maximum atomic E-state index is 2.27. The van der Waals surface area contributed by atoms with Gasteiger partial charge in [-0.15, -0.1) is 0 Å². The molecule has 1 radical (unpaired) electrons. The minimum atomic E-state index is -1.22. The third-order valence-electron chi connectivity index (χ3n) is 2.52. The fourth-order valence-corrected chi connectivity index (χ4v) is 7.34. The molecule has 0 fully saturated rings. The van der Waals surface area contributed by atoms with Crippen LogP contribution in [0, 0.1) is 0 Å². The van der Waals surface area contributed by atoms with Crippen LogP contribution in [-0.4, -0.2) is 14.3 Å². The Labute approximate surface area is 82.4 Å². The van der Waals surface area contributed by atoms with Crippen molar-refractivity contribution < 1.29 is 0 Å². The van der Waals surface area contributed by atoms with Gasteiger partial charge in [-0.25, -0.2) is 0 Å². The van der Waals surface area contributed by atoms with Crippen molar-refractivity contribution in [3.8, 4) is 0 Å². The quantitative estimate of drug-likeness (QED) is 0.556. The molecule has 3 heterocycles. The Balaban J connectivity index is 2.23. The Morgan fingerprint density at radius 1 is 0.615 bits per heavy atom. The van der Waals surface area contributed by atoms with Crippen molar-refractivity contribution in [1.82, 2.24) is 0 Å². The average Bonchev–Trinajstić information content (AvgIpc) is 2.19. The molecule has 0 saturated carbocycles. The first-order valence-electron chi connectivity index (χ1n) is 4.48. The van der Waals surface area contributed by atoms with Crippen LogP contribution < -0.4 is 0 Å². The van der Waals surface area contributed by atoms with Gasteiger partial charge in [0.05, 0.1) is 0 Å². The minimum absolute atomic E-state index is 1.22. The normalized spacial score (nSPS) is 23.5. The first-order chi connectivity index (χ1) is 6.45. The molecule has 0 N–H and O–H groups in total. The van der Waals surface area contributed by atoms with E-state index in [1.54, 1.807) is 13.2 Å². The fraction of sp³-hybridized carbons (Fsp3) is 0. The topological polar surface area (TPSA) is 0 Å². The van der Waals surface area contributed by atoms with Crippen LogP contribution in [-0.2, 0) is 0 Å². The molecule has 0 saturated heterocycles. The molecule has 0 amide bonds. The van der Waals surface area contributed by atoms with Crippen LogP contribution >= 0.6 is 0 Å². The van der Waals surface area contributed by atoms with Crippen LogP contribution in [0.25, 0.3) is 0 Å². The summed E-state index contributed by atoms with van der Waals surface area (Å²) in [5.41, 5.74) is 0. The number of allylic oxidation sites excluding steroid dienone is 12. The summed E-state index contributed by atoms with van der Waals surface area (Å²) in [7, 11) is 0. The first kappa shape index (κ1) is 7.39. The van der Waals surface area contributed by atoms with Gasteiger partial charge in [0.1, 0.15) is 0 Å². The van der Waals surface area contributed by atoms with E-state index >= 15 is 0 Å². The Morgan fingerprint density at radius 2 is 1.00 bits per heavy atom. The third-order valence-corrected chi connectivity index (χ3v) is 8.25. The van der Waals surface area contributed by atoms with E-state index in [4.69, 9.17) is 0 Å². The Morgan fingerprint density at radius 3 is 1.38 bits per heavy atom. The number of hydrogen-bond acceptors (Lipinski definition) is 0. The SMILES string of the molecule is C1=C[C]2=CC=C[C]3=CC=C[C](=C1)[Ge]23. The van der Waals surface area contributed by atoms with E-state index < -0.39 is 14.3 Å². The summed E-state index contributed by atoms with van der Waals surface area (Å²) >= 11 is -1.22. The van der Waals surface area contributed by atoms with Gasteiger partial charge < -0.3 is 0 Å². The average molecular weight is 226 g/mol. The molecule has 3 aliphatic rings. The zero-order valence-corrected chi connectivity index (χ0v) is 9.29. The monoisotopic (exact) mass is 227 g/mol. The Hall–Kier alpha value is -1.02. The van der Waals surface area contributed by atoms with E-state index in [-0.39, 0.29) is 0 Å². The van der Waals surface area contributed by atoms with E-state index in [0.29, 0.717) is 0 Å². The predicted octanol–water partition coefficient (Wildman–Crippen LogP) is 2.59. The summed E-state index contributed by atoms with van der Waals surface area (Å²) < 4.78 is 4.74. The van der Waals surface area contributed by atoms with Crippen LogP contribution in [0.5, 0.6) is 0 Å². The van der Waals surface area contributed by atoms with Crippen molar-refractivity contribution in [3.63, 3.8) is 0 Å². The Bertz CT molecular complexity index is 361. The van der Waals surface area contributed by atoms with Gasteiger partial charge in [-0.3, -0.25) is 0 Å². The summed E-state index contributed by atoms with van der Waals surface area (Å²) in [5, 5.41) is 0. The molecule has 0 aromatic heterocycles. The fourth-order valence-electron chi connectivity index (χ4n) is 1.93. The molecule has 0 spiro atoms. The van der Waals surface area contributed by atoms with Gasteiger partial charge in [0, 0.05) is 0 Å². The predicted molar refractivity (Wildman–Crippen MR) is 57.4 cm³/mol. The third kappa shape index (κ3) is 1.06. The molecule has 0 aromatic rings. The van der Waals surface area contributed by atoms with Crippen LogP contribution in [0.15, 0.2) is 67.9 Å². The molecule has 0 aliphatic carbocycles. The molecule has 0 unspecified atom stereocenters.